The van der Waals surface area contributed by atoms with Crippen LogP contribution in [0.5, 0.6) is 5.75 Å². The number of methoxy groups -OCH3 is 1. The summed E-state index contributed by atoms with van der Waals surface area (Å²) >= 11 is 0. The number of amides is 1. The van der Waals surface area contributed by atoms with Crippen molar-refractivity contribution in [1.29, 1.82) is 0 Å². The van der Waals surface area contributed by atoms with Crippen LogP contribution in [-0.4, -0.2) is 43.1 Å². The number of nitrogens with zero attached hydrogens (tertiary/aromatic N) is 2. The van der Waals surface area contributed by atoms with Gasteiger partial charge in [0.25, 0.3) is 5.91 Å². The molecule has 0 bridgehead atoms. The van der Waals surface area contributed by atoms with Gasteiger partial charge in [0.1, 0.15) is 5.75 Å². The molecule has 152 valence electrons. The Balaban J connectivity index is 2.46. The highest BCUT2D eigenvalue weighted by molar-refractivity contribution is 7.87. The van der Waals surface area contributed by atoms with Crippen LogP contribution >= 0.6 is 0 Å². The van der Waals surface area contributed by atoms with E-state index in [0.717, 1.165) is 4.31 Å². The number of ether oxygens (including phenoxy) is 1. The Kier molecular flexibility index (Phi) is 8.02. The summed E-state index contributed by atoms with van der Waals surface area (Å²) in [5.74, 6) is 0.0709. The normalized spacial score (nSPS) is 11.4. The number of hydrogen-bond acceptors (Lipinski definition) is 4. The lowest BCUT2D eigenvalue weighted by atomic mass is 10.2. The Bertz CT molecular complexity index is 863. The highest BCUT2D eigenvalue weighted by atomic mass is 32.2. The first-order valence-corrected chi connectivity index (χ1v) is 10.8. The molecular weight excluding hydrogens is 376 g/mol. The predicted molar refractivity (Wildman–Crippen MR) is 110 cm³/mol. The average Bonchev–Trinajstić information content (AvgIpc) is 2.72. The zero-order chi connectivity index (χ0) is 20.6. The topological polar surface area (TPSA) is 66.9 Å². The zero-order valence-electron chi connectivity index (χ0n) is 16.7. The summed E-state index contributed by atoms with van der Waals surface area (Å²) in [6.45, 7) is 4.52. The molecule has 2 aromatic carbocycles. The van der Waals surface area contributed by atoms with E-state index in [2.05, 4.69) is 0 Å². The van der Waals surface area contributed by atoms with Crippen LogP contribution in [0, 0.1) is 0 Å². The van der Waals surface area contributed by atoms with Gasteiger partial charge in [-0.05, 0) is 42.7 Å². The third-order valence-corrected chi connectivity index (χ3v) is 6.13. The second kappa shape index (κ2) is 10.2. The van der Waals surface area contributed by atoms with Gasteiger partial charge in [0.05, 0.1) is 13.7 Å². The summed E-state index contributed by atoms with van der Waals surface area (Å²) in [6, 6.07) is 15.6. The van der Waals surface area contributed by atoms with Crippen molar-refractivity contribution in [2.45, 2.75) is 33.2 Å². The molecule has 2 aromatic rings. The van der Waals surface area contributed by atoms with E-state index in [9.17, 15) is 13.2 Å². The molecule has 0 unspecified atom stereocenters. The van der Waals surface area contributed by atoms with Gasteiger partial charge in [-0.1, -0.05) is 44.2 Å². The summed E-state index contributed by atoms with van der Waals surface area (Å²) < 4.78 is 34.3. The molecule has 0 aliphatic rings. The third kappa shape index (κ3) is 5.33. The van der Waals surface area contributed by atoms with Crippen LogP contribution in [0.1, 0.15) is 42.6 Å². The fourth-order valence-electron chi connectivity index (χ4n) is 2.90. The second-order valence-corrected chi connectivity index (χ2v) is 8.29. The average molecular weight is 405 g/mol. The van der Waals surface area contributed by atoms with Gasteiger partial charge in [0.2, 0.25) is 0 Å². The van der Waals surface area contributed by atoms with Gasteiger partial charge in [-0.3, -0.25) is 4.79 Å². The predicted octanol–water partition coefficient (Wildman–Crippen LogP) is 3.70. The first-order valence-electron chi connectivity index (χ1n) is 9.44. The van der Waals surface area contributed by atoms with Gasteiger partial charge >= 0.3 is 10.2 Å². The first kappa shape index (κ1) is 21.9. The minimum Gasteiger partial charge on any atom is -0.497 e. The quantitative estimate of drug-likeness (QED) is 0.605. The van der Waals surface area contributed by atoms with E-state index in [-0.39, 0.29) is 6.54 Å². The van der Waals surface area contributed by atoms with Crippen LogP contribution in [0.4, 0.5) is 0 Å². The highest BCUT2D eigenvalue weighted by Gasteiger charge is 2.33. The van der Waals surface area contributed by atoms with Crippen LogP contribution < -0.4 is 4.74 Å². The van der Waals surface area contributed by atoms with E-state index in [0.29, 0.717) is 42.8 Å². The molecule has 0 radical (unpaired) electrons. The Morgan fingerprint density at radius 2 is 1.61 bits per heavy atom. The maximum absolute atomic E-state index is 13.4. The largest absolute Gasteiger partial charge is 0.497 e. The molecule has 2 rings (SSSR count). The van der Waals surface area contributed by atoms with Gasteiger partial charge in [-0.15, -0.1) is 0 Å². The summed E-state index contributed by atoms with van der Waals surface area (Å²) in [7, 11) is -2.43. The molecule has 0 saturated heterocycles. The summed E-state index contributed by atoms with van der Waals surface area (Å²) in [5, 5.41) is 0. The van der Waals surface area contributed by atoms with Gasteiger partial charge in [-0.2, -0.15) is 12.7 Å². The van der Waals surface area contributed by atoms with Crippen molar-refractivity contribution >= 4 is 16.1 Å². The van der Waals surface area contributed by atoms with E-state index >= 15 is 0 Å². The monoisotopic (exact) mass is 404 g/mol. The van der Waals surface area contributed by atoms with Crippen molar-refractivity contribution < 1.29 is 17.9 Å². The van der Waals surface area contributed by atoms with Crippen molar-refractivity contribution in [1.82, 2.24) is 8.61 Å². The molecule has 0 saturated carbocycles. The molecule has 28 heavy (non-hydrogen) atoms. The standard InChI is InChI=1S/C21H28N2O4S/c1-4-14-22(15-5-2)28(25,26)23(21(24)19-11-7-6-8-12-19)17-18-10-9-13-20(16-18)27-3/h6-13,16H,4-5,14-15,17H2,1-3H3. The first-order chi connectivity index (χ1) is 13.4. The van der Waals surface area contributed by atoms with Crippen molar-refractivity contribution in [2.24, 2.45) is 0 Å². The van der Waals surface area contributed by atoms with Crippen LogP contribution in [0.2, 0.25) is 0 Å². The van der Waals surface area contributed by atoms with Crippen molar-refractivity contribution in [3.8, 4) is 5.75 Å². The van der Waals surface area contributed by atoms with Crippen molar-refractivity contribution in [3.05, 3.63) is 65.7 Å². The lowest BCUT2D eigenvalue weighted by molar-refractivity contribution is 0.0846. The third-order valence-electron chi connectivity index (χ3n) is 4.26. The number of rotatable bonds is 10. The molecule has 6 nitrogen and oxygen atoms in total. The zero-order valence-corrected chi connectivity index (χ0v) is 17.5. The lowest BCUT2D eigenvalue weighted by Gasteiger charge is -2.30. The minimum absolute atomic E-state index is 0.0583. The van der Waals surface area contributed by atoms with E-state index in [1.807, 2.05) is 13.8 Å². The molecule has 0 spiro atoms. The SMILES string of the molecule is CCCN(CCC)S(=O)(=O)N(Cc1cccc(OC)c1)C(=O)c1ccccc1. The maximum Gasteiger partial charge on any atom is 0.306 e. The fourth-order valence-corrected chi connectivity index (χ4v) is 4.63. The maximum atomic E-state index is 13.4. The molecule has 7 heteroatoms. The molecule has 0 aliphatic heterocycles. The summed E-state index contributed by atoms with van der Waals surface area (Å²) in [6.07, 6.45) is 1.34. The van der Waals surface area contributed by atoms with E-state index < -0.39 is 16.1 Å². The van der Waals surface area contributed by atoms with E-state index in [1.165, 1.54) is 4.31 Å². The van der Waals surface area contributed by atoms with Gasteiger partial charge < -0.3 is 4.74 Å². The molecule has 0 atom stereocenters. The molecule has 1 amide bonds. The number of carbonyl (C=O) groups excluding carboxylic acids is 1. The Morgan fingerprint density at radius 3 is 2.18 bits per heavy atom. The van der Waals surface area contributed by atoms with Crippen LogP contribution in [0.25, 0.3) is 0 Å². The number of benzene rings is 2. The molecule has 0 aliphatic carbocycles. The van der Waals surface area contributed by atoms with Crippen LogP contribution in [0.3, 0.4) is 0 Å². The summed E-state index contributed by atoms with van der Waals surface area (Å²) in [5.41, 5.74) is 1.02. The van der Waals surface area contributed by atoms with E-state index in [1.54, 1.807) is 61.7 Å². The molecular formula is C21H28N2O4S. The second-order valence-electron chi connectivity index (χ2n) is 6.44. The molecule has 0 N–H and O–H groups in total. The Morgan fingerprint density at radius 1 is 0.964 bits per heavy atom. The van der Waals surface area contributed by atoms with Crippen molar-refractivity contribution in [3.63, 3.8) is 0 Å². The Hall–Kier alpha value is -2.38. The Labute approximate surface area is 167 Å². The van der Waals surface area contributed by atoms with Crippen LogP contribution in [-0.2, 0) is 16.8 Å². The number of hydrogen-bond donors (Lipinski definition) is 0. The molecule has 0 fully saturated rings. The van der Waals surface area contributed by atoms with Crippen molar-refractivity contribution in [2.75, 3.05) is 20.2 Å². The molecule has 0 heterocycles. The van der Waals surface area contributed by atoms with Gasteiger partial charge in [-0.25, -0.2) is 4.31 Å². The van der Waals surface area contributed by atoms with Gasteiger partial charge in [0.15, 0.2) is 0 Å². The molecule has 0 aromatic heterocycles. The number of carbonyl (C=O) groups is 1. The smallest absolute Gasteiger partial charge is 0.306 e. The van der Waals surface area contributed by atoms with Gasteiger partial charge in [0, 0.05) is 18.7 Å². The minimum atomic E-state index is -3.98. The summed E-state index contributed by atoms with van der Waals surface area (Å²) in [4.78, 5) is 13.2. The highest BCUT2D eigenvalue weighted by Crippen LogP contribution is 2.21. The fraction of sp³-hybridized carbons (Fsp3) is 0.381. The lowest BCUT2D eigenvalue weighted by Crippen LogP contribution is -2.47. The van der Waals surface area contributed by atoms with E-state index in [4.69, 9.17) is 4.74 Å². The van der Waals surface area contributed by atoms with Crippen LogP contribution in [0.15, 0.2) is 54.6 Å².